The first-order valence-corrected chi connectivity index (χ1v) is 4.90. The number of hydrogen-bond acceptors (Lipinski definition) is 4. The Bertz CT molecular complexity index is 322. The first-order valence-electron chi connectivity index (χ1n) is 4.90. The maximum atomic E-state index is 11.2. The van der Waals surface area contributed by atoms with Crippen molar-refractivity contribution in [3.8, 4) is 0 Å². The Balaban J connectivity index is 2.54. The molecule has 0 aliphatic rings. The standard InChI is InChI=1S/C11H16N2O2/c1-2-15-11(14)10(13)7-8-3-5-9(12)6-4-8/h3-6,10H,2,7,12-13H2,1H3. The molecule has 0 aromatic heterocycles. The van der Waals surface area contributed by atoms with Gasteiger partial charge in [0.1, 0.15) is 6.04 Å². The Kier molecular flexibility index (Phi) is 4.12. The van der Waals surface area contributed by atoms with Crippen LogP contribution in [0.3, 0.4) is 0 Å². The van der Waals surface area contributed by atoms with Crippen LogP contribution in [0.2, 0.25) is 0 Å². The van der Waals surface area contributed by atoms with Gasteiger partial charge in [-0.25, -0.2) is 0 Å². The van der Waals surface area contributed by atoms with Gasteiger partial charge in [0.15, 0.2) is 0 Å². The molecule has 1 aromatic carbocycles. The van der Waals surface area contributed by atoms with Crippen LogP contribution < -0.4 is 11.5 Å². The molecule has 15 heavy (non-hydrogen) atoms. The number of benzene rings is 1. The van der Waals surface area contributed by atoms with Crippen LogP contribution in [0.1, 0.15) is 12.5 Å². The van der Waals surface area contributed by atoms with E-state index in [1.54, 1.807) is 19.1 Å². The molecule has 0 spiro atoms. The summed E-state index contributed by atoms with van der Waals surface area (Å²) in [6, 6.07) is 6.68. The summed E-state index contributed by atoms with van der Waals surface area (Å²) in [7, 11) is 0. The molecule has 1 aromatic rings. The lowest BCUT2D eigenvalue weighted by Crippen LogP contribution is -2.34. The van der Waals surface area contributed by atoms with Gasteiger partial charge in [0.05, 0.1) is 6.61 Å². The zero-order valence-corrected chi connectivity index (χ0v) is 8.77. The molecule has 0 amide bonds. The molecular weight excluding hydrogens is 192 g/mol. The number of rotatable bonds is 4. The zero-order valence-electron chi connectivity index (χ0n) is 8.77. The minimum absolute atomic E-state index is 0.355. The Morgan fingerprint density at radius 2 is 2.00 bits per heavy atom. The fraction of sp³-hybridized carbons (Fsp3) is 0.364. The minimum Gasteiger partial charge on any atom is -0.465 e. The largest absolute Gasteiger partial charge is 0.465 e. The predicted octanol–water partition coefficient (Wildman–Crippen LogP) is 0.702. The second-order valence-electron chi connectivity index (χ2n) is 3.30. The van der Waals surface area contributed by atoms with Crippen molar-refractivity contribution in [2.75, 3.05) is 12.3 Å². The predicted molar refractivity (Wildman–Crippen MR) is 59.2 cm³/mol. The highest BCUT2D eigenvalue weighted by Crippen LogP contribution is 2.07. The SMILES string of the molecule is CCOC(=O)C(N)Cc1ccc(N)cc1. The maximum absolute atomic E-state index is 11.2. The van der Waals surface area contributed by atoms with Crippen molar-refractivity contribution in [3.05, 3.63) is 29.8 Å². The molecular formula is C11H16N2O2. The second kappa shape index (κ2) is 5.36. The molecule has 0 radical (unpaired) electrons. The van der Waals surface area contributed by atoms with Gasteiger partial charge in [-0.2, -0.15) is 0 Å². The number of carbonyl (C=O) groups excluding carboxylic acids is 1. The number of hydrogen-bond donors (Lipinski definition) is 2. The number of anilines is 1. The third kappa shape index (κ3) is 3.59. The van der Waals surface area contributed by atoms with Crippen LogP contribution in [0.5, 0.6) is 0 Å². The molecule has 82 valence electrons. The van der Waals surface area contributed by atoms with Gasteiger partial charge in [-0.15, -0.1) is 0 Å². The topological polar surface area (TPSA) is 78.3 Å². The summed E-state index contributed by atoms with van der Waals surface area (Å²) in [5.41, 5.74) is 12.9. The van der Waals surface area contributed by atoms with E-state index in [1.165, 1.54) is 0 Å². The summed E-state index contributed by atoms with van der Waals surface area (Å²) < 4.78 is 4.81. The Hall–Kier alpha value is -1.55. The minimum atomic E-state index is -0.603. The average Bonchev–Trinajstić information content (AvgIpc) is 2.22. The highest BCUT2D eigenvalue weighted by Gasteiger charge is 2.14. The van der Waals surface area contributed by atoms with Gasteiger partial charge < -0.3 is 16.2 Å². The van der Waals surface area contributed by atoms with E-state index in [0.29, 0.717) is 18.7 Å². The van der Waals surface area contributed by atoms with Gasteiger partial charge in [0, 0.05) is 5.69 Å². The zero-order chi connectivity index (χ0) is 11.3. The van der Waals surface area contributed by atoms with Gasteiger partial charge in [0.25, 0.3) is 0 Å². The molecule has 4 nitrogen and oxygen atoms in total. The van der Waals surface area contributed by atoms with E-state index in [1.807, 2.05) is 12.1 Å². The average molecular weight is 208 g/mol. The number of esters is 1. The lowest BCUT2D eigenvalue weighted by Gasteiger charge is -2.10. The number of nitrogens with two attached hydrogens (primary N) is 2. The van der Waals surface area contributed by atoms with E-state index in [4.69, 9.17) is 16.2 Å². The van der Waals surface area contributed by atoms with Gasteiger partial charge in [-0.05, 0) is 31.0 Å². The fourth-order valence-corrected chi connectivity index (χ4v) is 1.24. The first-order chi connectivity index (χ1) is 7.13. The smallest absolute Gasteiger partial charge is 0.323 e. The van der Waals surface area contributed by atoms with E-state index in [0.717, 1.165) is 5.56 Å². The van der Waals surface area contributed by atoms with Crippen molar-refractivity contribution in [1.29, 1.82) is 0 Å². The molecule has 1 atom stereocenters. The number of nitrogen functional groups attached to an aromatic ring is 1. The summed E-state index contributed by atoms with van der Waals surface area (Å²) in [5, 5.41) is 0. The summed E-state index contributed by atoms with van der Waals surface area (Å²) >= 11 is 0. The molecule has 4 N–H and O–H groups in total. The van der Waals surface area contributed by atoms with Crippen molar-refractivity contribution in [2.24, 2.45) is 5.73 Å². The summed E-state index contributed by atoms with van der Waals surface area (Å²) in [6.07, 6.45) is 0.471. The fourth-order valence-electron chi connectivity index (χ4n) is 1.24. The van der Waals surface area contributed by atoms with Crippen LogP contribution >= 0.6 is 0 Å². The van der Waals surface area contributed by atoms with Crippen LogP contribution in [-0.2, 0) is 16.0 Å². The van der Waals surface area contributed by atoms with Crippen LogP contribution in [0.4, 0.5) is 5.69 Å². The molecule has 1 unspecified atom stereocenters. The molecule has 0 aliphatic carbocycles. The molecule has 0 fully saturated rings. The van der Waals surface area contributed by atoms with Gasteiger partial charge in [-0.1, -0.05) is 12.1 Å². The van der Waals surface area contributed by atoms with Gasteiger partial charge >= 0.3 is 5.97 Å². The molecule has 1 rings (SSSR count). The first kappa shape index (κ1) is 11.5. The Morgan fingerprint density at radius 1 is 1.40 bits per heavy atom. The van der Waals surface area contributed by atoms with Crippen LogP contribution in [0.25, 0.3) is 0 Å². The summed E-state index contributed by atoms with van der Waals surface area (Å²) in [6.45, 7) is 2.11. The van der Waals surface area contributed by atoms with Crippen molar-refractivity contribution in [1.82, 2.24) is 0 Å². The molecule has 0 heterocycles. The molecule has 4 heteroatoms. The molecule has 0 saturated heterocycles. The lowest BCUT2D eigenvalue weighted by atomic mass is 10.1. The normalized spacial score (nSPS) is 12.1. The van der Waals surface area contributed by atoms with E-state index in [9.17, 15) is 4.79 Å². The van der Waals surface area contributed by atoms with Gasteiger partial charge in [-0.3, -0.25) is 4.79 Å². The monoisotopic (exact) mass is 208 g/mol. The van der Waals surface area contributed by atoms with E-state index >= 15 is 0 Å². The third-order valence-corrected chi connectivity index (χ3v) is 2.02. The van der Waals surface area contributed by atoms with E-state index in [2.05, 4.69) is 0 Å². The van der Waals surface area contributed by atoms with Crippen LogP contribution in [0, 0.1) is 0 Å². The van der Waals surface area contributed by atoms with Crippen LogP contribution in [0.15, 0.2) is 24.3 Å². The molecule has 0 bridgehead atoms. The van der Waals surface area contributed by atoms with Crippen molar-refractivity contribution in [3.63, 3.8) is 0 Å². The highest BCUT2D eigenvalue weighted by molar-refractivity contribution is 5.75. The van der Waals surface area contributed by atoms with E-state index in [-0.39, 0.29) is 5.97 Å². The summed E-state index contributed by atoms with van der Waals surface area (Å²) in [4.78, 5) is 11.2. The van der Waals surface area contributed by atoms with Crippen molar-refractivity contribution < 1.29 is 9.53 Å². The maximum Gasteiger partial charge on any atom is 0.323 e. The van der Waals surface area contributed by atoms with Crippen LogP contribution in [-0.4, -0.2) is 18.6 Å². The van der Waals surface area contributed by atoms with Crippen molar-refractivity contribution >= 4 is 11.7 Å². The van der Waals surface area contributed by atoms with Crippen molar-refractivity contribution in [2.45, 2.75) is 19.4 Å². The molecule has 0 aliphatic heterocycles. The number of ether oxygens (including phenoxy) is 1. The van der Waals surface area contributed by atoms with E-state index < -0.39 is 6.04 Å². The Labute approximate surface area is 89.2 Å². The Morgan fingerprint density at radius 3 is 2.53 bits per heavy atom. The summed E-state index contributed by atoms with van der Waals surface area (Å²) in [5.74, 6) is -0.366. The lowest BCUT2D eigenvalue weighted by molar-refractivity contribution is -0.144. The quantitative estimate of drug-likeness (QED) is 0.564. The molecule has 0 saturated carbocycles. The third-order valence-electron chi connectivity index (χ3n) is 2.02. The highest BCUT2D eigenvalue weighted by atomic mass is 16.5. The second-order valence-corrected chi connectivity index (χ2v) is 3.30. The number of carbonyl (C=O) groups is 1. The van der Waals surface area contributed by atoms with Gasteiger partial charge in [0.2, 0.25) is 0 Å².